The van der Waals surface area contributed by atoms with Gasteiger partial charge in [-0.05, 0) is 105 Å². The predicted molar refractivity (Wildman–Crippen MR) is 142 cm³/mol. The lowest BCUT2D eigenvalue weighted by molar-refractivity contribution is -0.137. The molecule has 0 saturated heterocycles. The smallest absolute Gasteiger partial charge is 0.303 e. The van der Waals surface area contributed by atoms with Gasteiger partial charge >= 0.3 is 5.97 Å². The van der Waals surface area contributed by atoms with Crippen LogP contribution in [0.1, 0.15) is 62.3 Å². The van der Waals surface area contributed by atoms with Crippen molar-refractivity contribution in [3.63, 3.8) is 0 Å². The molecule has 0 saturated carbocycles. The first kappa shape index (κ1) is 24.4. The van der Waals surface area contributed by atoms with Crippen molar-refractivity contribution in [1.29, 1.82) is 0 Å². The first-order valence-corrected chi connectivity index (χ1v) is 12.7. The maximum Gasteiger partial charge on any atom is 0.303 e. The van der Waals surface area contributed by atoms with Crippen molar-refractivity contribution in [2.45, 2.75) is 63.9 Å². The number of anilines is 2. The summed E-state index contributed by atoms with van der Waals surface area (Å²) in [4.78, 5) is 26.8. The van der Waals surface area contributed by atoms with Gasteiger partial charge in [0, 0.05) is 17.1 Å². The molecular formula is C30H30ClNO4. The fourth-order valence-electron chi connectivity index (χ4n) is 5.31. The van der Waals surface area contributed by atoms with Crippen LogP contribution in [0.4, 0.5) is 11.4 Å². The van der Waals surface area contributed by atoms with E-state index in [2.05, 4.69) is 19.9 Å². The van der Waals surface area contributed by atoms with Crippen molar-refractivity contribution in [1.82, 2.24) is 0 Å². The molecule has 2 aliphatic rings. The van der Waals surface area contributed by atoms with Crippen molar-refractivity contribution >= 4 is 34.9 Å². The number of carbonyl (C=O) groups excluding carboxylic acids is 1. The number of carbonyl (C=O) groups is 2. The minimum Gasteiger partial charge on any atom is -0.488 e. The number of ether oxygens (including phenoxy) is 1. The topological polar surface area (TPSA) is 66.8 Å². The van der Waals surface area contributed by atoms with E-state index in [0.29, 0.717) is 17.9 Å². The second-order valence-electron chi connectivity index (χ2n) is 10.5. The molecule has 3 aromatic rings. The Kier molecular flexibility index (Phi) is 6.08. The van der Waals surface area contributed by atoms with Crippen LogP contribution in [0.5, 0.6) is 5.75 Å². The number of aliphatic carboxylic acids is 1. The number of amides is 1. The molecule has 0 radical (unpaired) electrons. The van der Waals surface area contributed by atoms with E-state index in [1.807, 2.05) is 61.5 Å². The zero-order valence-electron chi connectivity index (χ0n) is 20.8. The largest absolute Gasteiger partial charge is 0.488 e. The molecule has 0 aliphatic carbocycles. The standard InChI is InChI=1S/C30H30ClNO4/c1-29(2)16-15-20-17-21(9-14-26(20)36-29)30(3)24-18-22(31)10-13-25(24)32(28(30)35)23-11-7-19(8-12-23)5-4-6-27(33)34/h7-14,17-18H,4-6,15-16H2,1-3H3,(H,33,34)/t30-/m0/s1. The number of halogens is 1. The first-order chi connectivity index (χ1) is 17.1. The Hall–Kier alpha value is -3.31. The molecular weight excluding hydrogens is 474 g/mol. The number of carboxylic acids is 1. The molecule has 5 rings (SSSR count). The fourth-order valence-corrected chi connectivity index (χ4v) is 5.48. The van der Waals surface area contributed by atoms with Crippen LogP contribution in [0.2, 0.25) is 5.02 Å². The number of hydrogen-bond donors (Lipinski definition) is 1. The van der Waals surface area contributed by atoms with Crippen LogP contribution in [-0.4, -0.2) is 22.6 Å². The van der Waals surface area contributed by atoms with Crippen LogP contribution in [0, 0.1) is 0 Å². The molecule has 3 aromatic carbocycles. The van der Waals surface area contributed by atoms with E-state index in [4.69, 9.17) is 21.4 Å². The highest BCUT2D eigenvalue weighted by Crippen LogP contribution is 2.50. The zero-order valence-corrected chi connectivity index (χ0v) is 21.6. The van der Waals surface area contributed by atoms with Crippen LogP contribution < -0.4 is 9.64 Å². The van der Waals surface area contributed by atoms with Gasteiger partial charge < -0.3 is 9.84 Å². The lowest BCUT2D eigenvalue weighted by atomic mass is 9.76. The Bertz CT molecular complexity index is 1350. The molecule has 5 nitrogen and oxygen atoms in total. The highest BCUT2D eigenvalue weighted by atomic mass is 35.5. The summed E-state index contributed by atoms with van der Waals surface area (Å²) in [6.07, 6.45) is 3.22. The maximum atomic E-state index is 14.2. The Labute approximate surface area is 216 Å². The van der Waals surface area contributed by atoms with Gasteiger partial charge in [0.15, 0.2) is 0 Å². The molecule has 36 heavy (non-hydrogen) atoms. The quantitative estimate of drug-likeness (QED) is 0.400. The van der Waals surface area contributed by atoms with Gasteiger partial charge in [-0.1, -0.05) is 35.9 Å². The van der Waals surface area contributed by atoms with Crippen molar-refractivity contribution < 1.29 is 19.4 Å². The molecule has 0 fully saturated rings. The SMILES string of the molecule is CC1(C)CCc2cc([C@]3(C)C(=O)N(c4ccc(CCCC(=O)O)cc4)c4ccc(Cl)cc43)ccc2O1. The number of carboxylic acid groups (broad SMARTS) is 1. The number of hydrogen-bond acceptors (Lipinski definition) is 3. The molecule has 0 spiro atoms. The van der Waals surface area contributed by atoms with Crippen molar-refractivity contribution in [2.24, 2.45) is 0 Å². The van der Waals surface area contributed by atoms with Gasteiger partial charge in [0.25, 0.3) is 0 Å². The summed E-state index contributed by atoms with van der Waals surface area (Å²) < 4.78 is 6.18. The Morgan fingerprint density at radius 3 is 2.53 bits per heavy atom. The normalized spacial score (nSPS) is 20.0. The van der Waals surface area contributed by atoms with Crippen LogP contribution >= 0.6 is 11.6 Å². The minimum absolute atomic E-state index is 0.0320. The Balaban J connectivity index is 1.52. The summed E-state index contributed by atoms with van der Waals surface area (Å²) in [5.74, 6) is 0.0578. The highest BCUT2D eigenvalue weighted by molar-refractivity contribution is 6.31. The van der Waals surface area contributed by atoms with Gasteiger partial charge in [-0.2, -0.15) is 0 Å². The molecule has 0 aromatic heterocycles. The van der Waals surface area contributed by atoms with E-state index in [9.17, 15) is 9.59 Å². The predicted octanol–water partition coefficient (Wildman–Crippen LogP) is 6.84. The molecule has 0 unspecified atom stereocenters. The first-order valence-electron chi connectivity index (χ1n) is 12.4. The summed E-state index contributed by atoms with van der Waals surface area (Å²) in [5.41, 5.74) is 4.46. The summed E-state index contributed by atoms with van der Waals surface area (Å²) in [7, 11) is 0. The van der Waals surface area contributed by atoms with Crippen LogP contribution in [0.15, 0.2) is 60.7 Å². The summed E-state index contributed by atoms with van der Waals surface area (Å²) in [6.45, 7) is 6.17. The molecule has 6 heteroatoms. The van der Waals surface area contributed by atoms with Gasteiger partial charge in [0.1, 0.15) is 11.4 Å². The summed E-state index contributed by atoms with van der Waals surface area (Å²) in [6, 6.07) is 19.5. The van der Waals surface area contributed by atoms with E-state index < -0.39 is 11.4 Å². The molecule has 1 N–H and O–H groups in total. The average molecular weight is 504 g/mol. The fraction of sp³-hybridized carbons (Fsp3) is 0.333. The van der Waals surface area contributed by atoms with Crippen molar-refractivity contribution in [2.75, 3.05) is 4.90 Å². The molecule has 0 bridgehead atoms. The van der Waals surface area contributed by atoms with E-state index >= 15 is 0 Å². The lowest BCUT2D eigenvalue weighted by Gasteiger charge is -2.34. The maximum absolute atomic E-state index is 14.2. The van der Waals surface area contributed by atoms with E-state index in [1.165, 1.54) is 0 Å². The average Bonchev–Trinajstić information content (AvgIpc) is 3.05. The molecule has 1 amide bonds. The number of benzene rings is 3. The molecule has 2 aliphatic heterocycles. The summed E-state index contributed by atoms with van der Waals surface area (Å²) in [5, 5.41) is 9.48. The number of fused-ring (bicyclic) bond motifs is 2. The molecule has 2 heterocycles. The monoisotopic (exact) mass is 503 g/mol. The molecule has 1 atom stereocenters. The lowest BCUT2D eigenvalue weighted by Crippen LogP contribution is -2.37. The third kappa shape index (κ3) is 4.26. The molecule has 186 valence electrons. The highest BCUT2D eigenvalue weighted by Gasteiger charge is 2.49. The second kappa shape index (κ2) is 8.97. The van der Waals surface area contributed by atoms with Gasteiger partial charge in [-0.3, -0.25) is 14.5 Å². The third-order valence-corrected chi connectivity index (χ3v) is 7.68. The van der Waals surface area contributed by atoms with Crippen LogP contribution in [-0.2, 0) is 27.8 Å². The second-order valence-corrected chi connectivity index (χ2v) is 11.0. The van der Waals surface area contributed by atoms with E-state index in [0.717, 1.165) is 52.2 Å². The van der Waals surface area contributed by atoms with Gasteiger partial charge in [0.05, 0.1) is 11.1 Å². The van der Waals surface area contributed by atoms with Crippen molar-refractivity contribution in [3.8, 4) is 5.75 Å². The third-order valence-electron chi connectivity index (χ3n) is 7.44. The van der Waals surface area contributed by atoms with E-state index in [1.54, 1.807) is 4.90 Å². The van der Waals surface area contributed by atoms with Crippen LogP contribution in [0.25, 0.3) is 0 Å². The van der Waals surface area contributed by atoms with E-state index in [-0.39, 0.29) is 17.9 Å². The number of aryl methyl sites for hydroxylation is 2. The van der Waals surface area contributed by atoms with Gasteiger partial charge in [-0.25, -0.2) is 0 Å². The van der Waals surface area contributed by atoms with Crippen molar-refractivity contribution in [3.05, 3.63) is 87.9 Å². The zero-order chi connectivity index (χ0) is 25.7. The van der Waals surface area contributed by atoms with Gasteiger partial charge in [-0.15, -0.1) is 0 Å². The number of nitrogens with zero attached hydrogens (tertiary/aromatic N) is 1. The Morgan fingerprint density at radius 1 is 1.06 bits per heavy atom. The number of rotatable bonds is 6. The van der Waals surface area contributed by atoms with Gasteiger partial charge in [0.2, 0.25) is 5.91 Å². The van der Waals surface area contributed by atoms with Crippen LogP contribution in [0.3, 0.4) is 0 Å². The summed E-state index contributed by atoms with van der Waals surface area (Å²) >= 11 is 6.43. The minimum atomic E-state index is -0.900. The Morgan fingerprint density at radius 2 is 1.81 bits per heavy atom.